The average molecular weight is 241 g/mol. The van der Waals surface area contributed by atoms with Crippen LogP contribution in [0.15, 0.2) is 23.7 Å². The van der Waals surface area contributed by atoms with E-state index in [1.54, 1.807) is 11.3 Å². The first kappa shape index (κ1) is 10.2. The predicted octanol–water partition coefficient (Wildman–Crippen LogP) is 2.39. The fourth-order valence-electron chi connectivity index (χ4n) is 1.10. The maximum absolute atomic E-state index is 5.69. The molecule has 15 heavy (non-hydrogen) atoms. The fourth-order valence-corrected chi connectivity index (χ4v) is 1.87. The summed E-state index contributed by atoms with van der Waals surface area (Å²) in [5.74, 6) is 0.573. The van der Waals surface area contributed by atoms with Gasteiger partial charge in [-0.3, -0.25) is 0 Å². The molecule has 0 bridgehead atoms. The predicted molar refractivity (Wildman–Crippen MR) is 63.1 cm³/mol. The number of nitrogens with one attached hydrogen (secondary N) is 1. The minimum Gasteiger partial charge on any atom is -0.394 e. The molecule has 0 amide bonds. The third-order valence-electron chi connectivity index (χ3n) is 1.80. The summed E-state index contributed by atoms with van der Waals surface area (Å²) in [6.45, 7) is 0.690. The van der Waals surface area contributed by atoms with Crippen molar-refractivity contribution in [2.45, 2.75) is 6.54 Å². The first-order valence-corrected chi connectivity index (χ1v) is 5.56. The zero-order chi connectivity index (χ0) is 10.7. The molecule has 0 radical (unpaired) electrons. The van der Waals surface area contributed by atoms with Gasteiger partial charge in [0, 0.05) is 4.88 Å². The SMILES string of the molecule is Nc1cnc(Cl)nc1NCc1cccs1. The van der Waals surface area contributed by atoms with E-state index >= 15 is 0 Å². The topological polar surface area (TPSA) is 63.8 Å². The smallest absolute Gasteiger partial charge is 0.224 e. The van der Waals surface area contributed by atoms with E-state index in [2.05, 4.69) is 15.3 Å². The van der Waals surface area contributed by atoms with E-state index in [0.29, 0.717) is 18.1 Å². The normalized spacial score (nSPS) is 10.2. The number of anilines is 2. The van der Waals surface area contributed by atoms with Gasteiger partial charge in [-0.2, -0.15) is 4.98 Å². The van der Waals surface area contributed by atoms with Crippen molar-refractivity contribution in [1.29, 1.82) is 0 Å². The van der Waals surface area contributed by atoms with Crippen LogP contribution in [-0.2, 0) is 6.54 Å². The lowest BCUT2D eigenvalue weighted by atomic mass is 10.4. The second-order valence-electron chi connectivity index (χ2n) is 2.88. The summed E-state index contributed by atoms with van der Waals surface area (Å²) >= 11 is 7.33. The monoisotopic (exact) mass is 240 g/mol. The second-order valence-corrected chi connectivity index (χ2v) is 4.25. The molecule has 0 spiro atoms. The van der Waals surface area contributed by atoms with Crippen LogP contribution in [0.5, 0.6) is 0 Å². The number of aromatic nitrogens is 2. The summed E-state index contributed by atoms with van der Waals surface area (Å²) in [5, 5.41) is 5.32. The molecule has 0 aliphatic rings. The van der Waals surface area contributed by atoms with Gasteiger partial charge in [-0.15, -0.1) is 11.3 Å². The molecule has 4 nitrogen and oxygen atoms in total. The van der Waals surface area contributed by atoms with Crippen LogP contribution in [-0.4, -0.2) is 9.97 Å². The number of thiophene rings is 1. The fraction of sp³-hybridized carbons (Fsp3) is 0.111. The zero-order valence-corrected chi connectivity index (χ0v) is 9.35. The molecule has 2 aromatic rings. The molecule has 78 valence electrons. The van der Waals surface area contributed by atoms with Gasteiger partial charge < -0.3 is 11.1 Å². The number of rotatable bonds is 3. The quantitative estimate of drug-likeness (QED) is 0.809. The molecule has 0 atom stereocenters. The van der Waals surface area contributed by atoms with Crippen LogP contribution < -0.4 is 11.1 Å². The van der Waals surface area contributed by atoms with Gasteiger partial charge in [0.25, 0.3) is 0 Å². The zero-order valence-electron chi connectivity index (χ0n) is 7.77. The first-order valence-electron chi connectivity index (χ1n) is 4.30. The van der Waals surface area contributed by atoms with Crippen molar-refractivity contribution < 1.29 is 0 Å². The van der Waals surface area contributed by atoms with Crippen LogP contribution in [0.3, 0.4) is 0 Å². The van der Waals surface area contributed by atoms with Crippen LogP contribution in [0.25, 0.3) is 0 Å². The summed E-state index contributed by atoms with van der Waals surface area (Å²) in [6, 6.07) is 4.04. The van der Waals surface area contributed by atoms with Crippen molar-refractivity contribution in [3.63, 3.8) is 0 Å². The lowest BCUT2D eigenvalue weighted by Crippen LogP contribution is -2.04. The summed E-state index contributed by atoms with van der Waals surface area (Å²) in [7, 11) is 0. The van der Waals surface area contributed by atoms with Crippen LogP contribution in [0.2, 0.25) is 5.28 Å². The summed E-state index contributed by atoms with van der Waals surface area (Å²) < 4.78 is 0. The van der Waals surface area contributed by atoms with Crippen LogP contribution in [0, 0.1) is 0 Å². The Kier molecular flexibility index (Phi) is 3.03. The van der Waals surface area contributed by atoms with Crippen molar-refractivity contribution >= 4 is 34.4 Å². The van der Waals surface area contributed by atoms with Gasteiger partial charge in [-0.05, 0) is 23.0 Å². The third-order valence-corrected chi connectivity index (χ3v) is 2.86. The highest BCUT2D eigenvalue weighted by Gasteiger charge is 2.02. The Hall–Kier alpha value is -1.33. The number of nitrogens with zero attached hydrogens (tertiary/aromatic N) is 2. The second kappa shape index (κ2) is 4.46. The molecule has 3 N–H and O–H groups in total. The van der Waals surface area contributed by atoms with E-state index in [1.807, 2.05) is 17.5 Å². The van der Waals surface area contributed by atoms with E-state index < -0.39 is 0 Å². The molecule has 0 saturated heterocycles. The standard InChI is InChI=1S/C9H9ClN4S/c10-9-13-5-7(11)8(14-9)12-4-6-2-1-3-15-6/h1-3,5H,4,11H2,(H,12,13,14). The molecule has 2 rings (SSSR count). The van der Waals surface area contributed by atoms with E-state index in [1.165, 1.54) is 11.1 Å². The Labute approximate surface area is 96.1 Å². The molecule has 0 saturated carbocycles. The van der Waals surface area contributed by atoms with Crippen molar-refractivity contribution in [2.24, 2.45) is 0 Å². The first-order chi connectivity index (χ1) is 7.25. The van der Waals surface area contributed by atoms with Crippen LogP contribution in [0.1, 0.15) is 4.88 Å². The molecule has 2 heterocycles. The van der Waals surface area contributed by atoms with Crippen molar-refractivity contribution in [3.8, 4) is 0 Å². The minimum atomic E-state index is 0.192. The van der Waals surface area contributed by atoms with Gasteiger partial charge in [0.15, 0.2) is 5.82 Å². The molecule has 0 fully saturated rings. The van der Waals surface area contributed by atoms with Crippen molar-refractivity contribution in [1.82, 2.24) is 9.97 Å². The van der Waals surface area contributed by atoms with E-state index in [-0.39, 0.29) is 5.28 Å². The maximum Gasteiger partial charge on any atom is 0.224 e. The highest BCUT2D eigenvalue weighted by molar-refractivity contribution is 7.09. The number of hydrogen-bond acceptors (Lipinski definition) is 5. The molecule has 6 heteroatoms. The van der Waals surface area contributed by atoms with Gasteiger partial charge >= 0.3 is 0 Å². The van der Waals surface area contributed by atoms with Gasteiger partial charge in [-0.1, -0.05) is 6.07 Å². The highest BCUT2D eigenvalue weighted by atomic mass is 35.5. The van der Waals surface area contributed by atoms with E-state index in [4.69, 9.17) is 17.3 Å². The number of hydrogen-bond donors (Lipinski definition) is 2. The van der Waals surface area contributed by atoms with E-state index in [0.717, 1.165) is 0 Å². The molecule has 0 aliphatic carbocycles. The van der Waals surface area contributed by atoms with Crippen LogP contribution in [0.4, 0.5) is 11.5 Å². The van der Waals surface area contributed by atoms with E-state index in [9.17, 15) is 0 Å². The molecule has 0 unspecified atom stereocenters. The largest absolute Gasteiger partial charge is 0.394 e. The molecule has 0 aromatic carbocycles. The van der Waals surface area contributed by atoms with Crippen molar-refractivity contribution in [2.75, 3.05) is 11.1 Å². The Morgan fingerprint density at radius 3 is 3.13 bits per heavy atom. The maximum atomic E-state index is 5.69. The van der Waals surface area contributed by atoms with Gasteiger partial charge in [0.2, 0.25) is 5.28 Å². The average Bonchev–Trinajstić information content (AvgIpc) is 2.72. The Morgan fingerprint density at radius 1 is 1.53 bits per heavy atom. The summed E-state index contributed by atoms with van der Waals surface area (Å²) in [5.41, 5.74) is 6.18. The molecule has 2 aromatic heterocycles. The Morgan fingerprint density at radius 2 is 2.40 bits per heavy atom. The van der Waals surface area contributed by atoms with Gasteiger partial charge in [0.05, 0.1) is 18.4 Å². The number of nitrogen functional groups attached to an aromatic ring is 1. The van der Waals surface area contributed by atoms with Crippen molar-refractivity contribution in [3.05, 3.63) is 33.9 Å². The number of halogens is 1. The Balaban J connectivity index is 2.07. The number of nitrogens with two attached hydrogens (primary N) is 1. The van der Waals surface area contributed by atoms with Gasteiger partial charge in [0.1, 0.15) is 0 Å². The molecular formula is C9H9ClN4S. The summed E-state index contributed by atoms with van der Waals surface area (Å²) in [6.07, 6.45) is 1.49. The summed E-state index contributed by atoms with van der Waals surface area (Å²) in [4.78, 5) is 8.98. The van der Waals surface area contributed by atoms with Gasteiger partial charge in [-0.25, -0.2) is 4.98 Å². The lowest BCUT2D eigenvalue weighted by molar-refractivity contribution is 1.10. The Bertz CT molecular complexity index is 443. The minimum absolute atomic E-state index is 0.192. The highest BCUT2D eigenvalue weighted by Crippen LogP contribution is 2.17. The lowest BCUT2D eigenvalue weighted by Gasteiger charge is -2.06. The molecule has 0 aliphatic heterocycles. The third kappa shape index (κ3) is 2.57. The molecular weight excluding hydrogens is 232 g/mol. The van der Waals surface area contributed by atoms with Crippen LogP contribution >= 0.6 is 22.9 Å².